The predicted molar refractivity (Wildman–Crippen MR) is 63.3 cm³/mol. The van der Waals surface area contributed by atoms with Gasteiger partial charge in [-0.15, -0.1) is 0 Å². The lowest BCUT2D eigenvalue weighted by Gasteiger charge is -2.24. The van der Waals surface area contributed by atoms with Crippen LogP contribution in [0.1, 0.15) is 43.3 Å². The van der Waals surface area contributed by atoms with E-state index in [1.807, 2.05) is 6.92 Å². The average molecular weight is 223 g/mol. The zero-order chi connectivity index (χ0) is 11.4. The minimum absolute atomic E-state index is 0.475. The van der Waals surface area contributed by atoms with Crippen LogP contribution in [0.4, 0.5) is 0 Å². The molecule has 1 fully saturated rings. The van der Waals surface area contributed by atoms with Crippen molar-refractivity contribution in [3.8, 4) is 0 Å². The molecule has 0 saturated heterocycles. The van der Waals surface area contributed by atoms with E-state index in [1.165, 1.54) is 24.8 Å². The van der Waals surface area contributed by atoms with Gasteiger partial charge in [-0.25, -0.2) is 0 Å². The standard InChI is InChI=1S/C13H21NO2/c1-3-14-8-11-7-13(16-10(11)2)9-15-12-5-4-6-12/h7,12,14H,3-6,8-9H2,1-2H3. The summed E-state index contributed by atoms with van der Waals surface area (Å²) < 4.78 is 11.4. The van der Waals surface area contributed by atoms with Gasteiger partial charge in [-0.3, -0.25) is 0 Å². The van der Waals surface area contributed by atoms with Crippen LogP contribution in [0.3, 0.4) is 0 Å². The van der Waals surface area contributed by atoms with Crippen molar-refractivity contribution in [2.45, 2.75) is 52.4 Å². The molecule has 1 aliphatic rings. The molecule has 2 rings (SSSR count). The van der Waals surface area contributed by atoms with Crippen LogP contribution in [-0.2, 0) is 17.9 Å². The lowest BCUT2D eigenvalue weighted by molar-refractivity contribution is -0.0159. The number of ether oxygens (including phenoxy) is 1. The van der Waals surface area contributed by atoms with Gasteiger partial charge < -0.3 is 14.5 Å². The van der Waals surface area contributed by atoms with E-state index in [0.717, 1.165) is 24.6 Å². The summed E-state index contributed by atoms with van der Waals surface area (Å²) in [5.41, 5.74) is 1.24. The number of rotatable bonds is 6. The minimum Gasteiger partial charge on any atom is -0.464 e. The first kappa shape index (κ1) is 11.7. The zero-order valence-corrected chi connectivity index (χ0v) is 10.2. The van der Waals surface area contributed by atoms with Gasteiger partial charge in [0.25, 0.3) is 0 Å². The number of nitrogens with one attached hydrogen (secondary N) is 1. The Kier molecular flexibility index (Phi) is 4.02. The molecule has 0 amide bonds. The fourth-order valence-corrected chi connectivity index (χ4v) is 1.83. The molecule has 1 heterocycles. The van der Waals surface area contributed by atoms with E-state index in [0.29, 0.717) is 12.7 Å². The Balaban J connectivity index is 1.83. The summed E-state index contributed by atoms with van der Waals surface area (Å²) in [7, 11) is 0. The normalized spacial score (nSPS) is 16.4. The Morgan fingerprint density at radius 1 is 1.50 bits per heavy atom. The third kappa shape index (κ3) is 2.86. The van der Waals surface area contributed by atoms with Crippen LogP contribution in [0.2, 0.25) is 0 Å². The van der Waals surface area contributed by atoms with Crippen molar-refractivity contribution in [1.82, 2.24) is 5.32 Å². The monoisotopic (exact) mass is 223 g/mol. The van der Waals surface area contributed by atoms with Gasteiger partial charge in [-0.05, 0) is 38.8 Å². The van der Waals surface area contributed by atoms with Crippen LogP contribution >= 0.6 is 0 Å². The summed E-state index contributed by atoms with van der Waals surface area (Å²) in [4.78, 5) is 0. The highest BCUT2D eigenvalue weighted by atomic mass is 16.5. The molecule has 1 aromatic heterocycles. The summed E-state index contributed by atoms with van der Waals surface area (Å²) in [6.45, 7) is 6.61. The molecule has 0 aliphatic heterocycles. The highest BCUT2D eigenvalue weighted by Crippen LogP contribution is 2.24. The van der Waals surface area contributed by atoms with E-state index in [2.05, 4.69) is 18.3 Å². The summed E-state index contributed by atoms with van der Waals surface area (Å²) in [6.07, 6.45) is 4.21. The fraction of sp³-hybridized carbons (Fsp3) is 0.692. The van der Waals surface area contributed by atoms with Crippen molar-refractivity contribution >= 4 is 0 Å². The Labute approximate surface area is 97.2 Å². The van der Waals surface area contributed by atoms with Gasteiger partial charge in [0.15, 0.2) is 0 Å². The molecule has 3 nitrogen and oxygen atoms in total. The molecular formula is C13H21NO2. The molecule has 3 heteroatoms. The molecule has 0 aromatic carbocycles. The number of aryl methyl sites for hydroxylation is 1. The molecule has 0 bridgehead atoms. The quantitative estimate of drug-likeness (QED) is 0.805. The van der Waals surface area contributed by atoms with E-state index in [9.17, 15) is 0 Å². The molecule has 90 valence electrons. The zero-order valence-electron chi connectivity index (χ0n) is 10.2. The molecule has 1 saturated carbocycles. The SMILES string of the molecule is CCNCc1cc(COC2CCC2)oc1C. The highest BCUT2D eigenvalue weighted by molar-refractivity contribution is 5.20. The smallest absolute Gasteiger partial charge is 0.130 e. The van der Waals surface area contributed by atoms with Crippen LogP contribution < -0.4 is 5.32 Å². The topological polar surface area (TPSA) is 34.4 Å². The first-order valence-corrected chi connectivity index (χ1v) is 6.20. The summed E-state index contributed by atoms with van der Waals surface area (Å²) in [6, 6.07) is 2.11. The van der Waals surface area contributed by atoms with Gasteiger partial charge in [0.1, 0.15) is 18.1 Å². The van der Waals surface area contributed by atoms with Crippen molar-refractivity contribution < 1.29 is 9.15 Å². The fourth-order valence-electron chi connectivity index (χ4n) is 1.83. The molecule has 0 unspecified atom stereocenters. The highest BCUT2D eigenvalue weighted by Gasteiger charge is 2.18. The predicted octanol–water partition coefficient (Wildman–Crippen LogP) is 2.77. The van der Waals surface area contributed by atoms with Gasteiger partial charge in [-0.1, -0.05) is 6.92 Å². The Morgan fingerprint density at radius 2 is 2.31 bits per heavy atom. The summed E-state index contributed by atoms with van der Waals surface area (Å²) in [5.74, 6) is 1.96. The van der Waals surface area contributed by atoms with Crippen molar-refractivity contribution in [3.63, 3.8) is 0 Å². The minimum atomic E-state index is 0.475. The van der Waals surface area contributed by atoms with Crippen LogP contribution in [0.15, 0.2) is 10.5 Å². The van der Waals surface area contributed by atoms with Gasteiger partial charge in [-0.2, -0.15) is 0 Å². The van der Waals surface area contributed by atoms with Gasteiger partial charge >= 0.3 is 0 Å². The average Bonchev–Trinajstić information content (AvgIpc) is 2.54. The molecular weight excluding hydrogens is 202 g/mol. The first-order valence-electron chi connectivity index (χ1n) is 6.20. The third-order valence-electron chi connectivity index (χ3n) is 3.15. The molecule has 0 spiro atoms. The van der Waals surface area contributed by atoms with Crippen LogP contribution in [-0.4, -0.2) is 12.6 Å². The number of hydrogen-bond acceptors (Lipinski definition) is 3. The largest absolute Gasteiger partial charge is 0.464 e. The first-order chi connectivity index (χ1) is 7.79. The second-order valence-corrected chi connectivity index (χ2v) is 4.44. The lowest BCUT2D eigenvalue weighted by atomic mass is 9.96. The van der Waals surface area contributed by atoms with Gasteiger partial charge in [0.05, 0.1) is 6.10 Å². The summed E-state index contributed by atoms with van der Waals surface area (Å²) in [5, 5.41) is 3.31. The van der Waals surface area contributed by atoms with E-state index in [1.54, 1.807) is 0 Å². The van der Waals surface area contributed by atoms with E-state index in [-0.39, 0.29) is 0 Å². The Hall–Kier alpha value is -0.800. The Bertz CT molecular complexity index is 329. The van der Waals surface area contributed by atoms with E-state index >= 15 is 0 Å². The van der Waals surface area contributed by atoms with E-state index in [4.69, 9.17) is 9.15 Å². The number of hydrogen-bond donors (Lipinski definition) is 1. The molecule has 0 radical (unpaired) electrons. The van der Waals surface area contributed by atoms with Crippen LogP contribution in [0.25, 0.3) is 0 Å². The number of furan rings is 1. The molecule has 1 aromatic rings. The van der Waals surface area contributed by atoms with Crippen molar-refractivity contribution in [1.29, 1.82) is 0 Å². The maximum absolute atomic E-state index is 5.72. The second-order valence-electron chi connectivity index (χ2n) is 4.44. The molecule has 1 N–H and O–H groups in total. The van der Waals surface area contributed by atoms with Gasteiger partial charge in [0, 0.05) is 12.1 Å². The molecule has 0 atom stereocenters. The van der Waals surface area contributed by atoms with E-state index < -0.39 is 0 Å². The van der Waals surface area contributed by atoms with Gasteiger partial charge in [0.2, 0.25) is 0 Å². The maximum Gasteiger partial charge on any atom is 0.130 e. The van der Waals surface area contributed by atoms with Crippen molar-refractivity contribution in [2.24, 2.45) is 0 Å². The Morgan fingerprint density at radius 3 is 2.94 bits per heavy atom. The molecule has 16 heavy (non-hydrogen) atoms. The second kappa shape index (κ2) is 5.51. The maximum atomic E-state index is 5.72. The summed E-state index contributed by atoms with van der Waals surface area (Å²) >= 11 is 0. The van der Waals surface area contributed by atoms with Crippen LogP contribution in [0.5, 0.6) is 0 Å². The van der Waals surface area contributed by atoms with Crippen molar-refractivity contribution in [2.75, 3.05) is 6.54 Å². The third-order valence-corrected chi connectivity index (χ3v) is 3.15. The van der Waals surface area contributed by atoms with Crippen LogP contribution in [0, 0.1) is 6.92 Å². The lowest BCUT2D eigenvalue weighted by Crippen LogP contribution is -2.20. The molecule has 1 aliphatic carbocycles. The van der Waals surface area contributed by atoms with Crippen molar-refractivity contribution in [3.05, 3.63) is 23.2 Å².